The van der Waals surface area contributed by atoms with Crippen LogP contribution in [0.3, 0.4) is 0 Å². The van der Waals surface area contributed by atoms with E-state index in [-0.39, 0.29) is 18.0 Å². The van der Waals surface area contributed by atoms with Gasteiger partial charge in [0, 0.05) is 26.1 Å². The first kappa shape index (κ1) is 16.3. The molecule has 0 aromatic carbocycles. The topological polar surface area (TPSA) is 73.0 Å². The minimum Gasteiger partial charge on any atom is -0.341 e. The first-order valence-electron chi connectivity index (χ1n) is 9.46. The SMILES string of the molecule is O=C(Cn1cnc2c(nc3n2CCCCC3)c1=O)N1CCCCCC1. The third-order valence-corrected chi connectivity index (χ3v) is 5.35. The molecular formula is C18H25N5O2. The first-order valence-corrected chi connectivity index (χ1v) is 9.46. The van der Waals surface area contributed by atoms with Crippen molar-refractivity contribution in [2.45, 2.75) is 64.5 Å². The Labute approximate surface area is 146 Å². The maximum absolute atomic E-state index is 12.8. The average molecular weight is 343 g/mol. The summed E-state index contributed by atoms with van der Waals surface area (Å²) in [5.41, 5.74) is 0.872. The van der Waals surface area contributed by atoms with E-state index in [0.717, 1.165) is 57.6 Å². The van der Waals surface area contributed by atoms with Gasteiger partial charge >= 0.3 is 0 Å². The average Bonchev–Trinajstić information content (AvgIpc) is 2.84. The quantitative estimate of drug-likeness (QED) is 0.832. The number of aromatic nitrogens is 4. The number of likely N-dealkylation sites (tertiary alicyclic amines) is 1. The van der Waals surface area contributed by atoms with Crippen LogP contribution >= 0.6 is 0 Å². The highest BCUT2D eigenvalue weighted by Crippen LogP contribution is 2.18. The van der Waals surface area contributed by atoms with Crippen LogP contribution in [-0.2, 0) is 24.3 Å². The number of rotatable bonds is 2. The number of fused-ring (bicyclic) bond motifs is 3. The second-order valence-corrected chi connectivity index (χ2v) is 7.14. The van der Waals surface area contributed by atoms with Gasteiger partial charge in [-0.15, -0.1) is 0 Å². The molecule has 0 spiro atoms. The van der Waals surface area contributed by atoms with Gasteiger partial charge in [0.1, 0.15) is 18.7 Å². The first-order chi connectivity index (χ1) is 12.2. The molecule has 7 nitrogen and oxygen atoms in total. The minimum absolute atomic E-state index is 0.00548. The summed E-state index contributed by atoms with van der Waals surface area (Å²) in [7, 11) is 0. The van der Waals surface area contributed by atoms with Gasteiger partial charge in [0.15, 0.2) is 11.2 Å². The van der Waals surface area contributed by atoms with Crippen LogP contribution in [0.25, 0.3) is 11.2 Å². The van der Waals surface area contributed by atoms with Crippen LogP contribution in [0.1, 0.15) is 50.8 Å². The lowest BCUT2D eigenvalue weighted by molar-refractivity contribution is -0.131. The summed E-state index contributed by atoms with van der Waals surface area (Å²) in [5.74, 6) is 0.958. The molecule has 2 aromatic rings. The summed E-state index contributed by atoms with van der Waals surface area (Å²) in [6, 6.07) is 0. The Morgan fingerprint density at radius 2 is 1.72 bits per heavy atom. The van der Waals surface area contributed by atoms with Crippen LogP contribution in [0.15, 0.2) is 11.1 Å². The van der Waals surface area contributed by atoms with Gasteiger partial charge in [-0.25, -0.2) is 9.97 Å². The lowest BCUT2D eigenvalue weighted by Gasteiger charge is -2.20. The van der Waals surface area contributed by atoms with E-state index < -0.39 is 0 Å². The highest BCUT2D eigenvalue weighted by molar-refractivity contribution is 5.76. The summed E-state index contributed by atoms with van der Waals surface area (Å²) >= 11 is 0. The van der Waals surface area contributed by atoms with Crippen LogP contribution in [0.2, 0.25) is 0 Å². The van der Waals surface area contributed by atoms with Gasteiger partial charge in [-0.2, -0.15) is 0 Å². The second-order valence-electron chi connectivity index (χ2n) is 7.14. The lowest BCUT2D eigenvalue weighted by atomic mass is 10.2. The fourth-order valence-electron chi connectivity index (χ4n) is 3.91. The van der Waals surface area contributed by atoms with Gasteiger partial charge < -0.3 is 9.47 Å². The van der Waals surface area contributed by atoms with Crippen LogP contribution in [-0.4, -0.2) is 43.0 Å². The molecule has 0 bridgehead atoms. The molecule has 134 valence electrons. The van der Waals surface area contributed by atoms with Crippen molar-refractivity contribution < 1.29 is 4.79 Å². The van der Waals surface area contributed by atoms with Crippen molar-refractivity contribution in [2.75, 3.05) is 13.1 Å². The molecule has 1 amide bonds. The van der Waals surface area contributed by atoms with E-state index >= 15 is 0 Å². The molecule has 2 aliphatic rings. The molecule has 1 fully saturated rings. The third kappa shape index (κ3) is 3.19. The van der Waals surface area contributed by atoms with E-state index in [9.17, 15) is 9.59 Å². The molecule has 4 rings (SSSR count). The smallest absolute Gasteiger partial charge is 0.282 e. The third-order valence-electron chi connectivity index (χ3n) is 5.35. The molecule has 2 aromatic heterocycles. The van der Waals surface area contributed by atoms with Crippen LogP contribution in [0, 0.1) is 0 Å². The maximum Gasteiger partial charge on any atom is 0.282 e. The van der Waals surface area contributed by atoms with Crippen molar-refractivity contribution in [3.63, 3.8) is 0 Å². The zero-order chi connectivity index (χ0) is 17.2. The predicted molar refractivity (Wildman–Crippen MR) is 94.4 cm³/mol. The largest absolute Gasteiger partial charge is 0.341 e. The zero-order valence-electron chi connectivity index (χ0n) is 14.6. The standard InChI is InChI=1S/C18H25N5O2/c24-15(21-9-5-1-2-6-10-21)12-22-13-19-17-16(18(22)25)20-14-8-4-3-7-11-23(14)17/h13H,1-12H2. The molecule has 7 heteroatoms. The predicted octanol–water partition coefficient (Wildman–Crippen LogP) is 1.72. The van der Waals surface area contributed by atoms with E-state index in [2.05, 4.69) is 14.5 Å². The monoisotopic (exact) mass is 343 g/mol. The highest BCUT2D eigenvalue weighted by Gasteiger charge is 2.20. The maximum atomic E-state index is 12.8. The van der Waals surface area contributed by atoms with E-state index in [1.54, 1.807) is 0 Å². The van der Waals surface area contributed by atoms with Crippen molar-refractivity contribution in [1.29, 1.82) is 0 Å². The van der Waals surface area contributed by atoms with Crippen LogP contribution < -0.4 is 5.56 Å². The van der Waals surface area contributed by atoms with Crippen molar-refractivity contribution >= 4 is 17.1 Å². The Balaban J connectivity index is 1.61. The molecule has 0 atom stereocenters. The minimum atomic E-state index is -0.200. The summed E-state index contributed by atoms with van der Waals surface area (Å²) in [4.78, 5) is 36.3. The summed E-state index contributed by atoms with van der Waals surface area (Å²) in [6.45, 7) is 2.52. The van der Waals surface area contributed by atoms with E-state index in [1.165, 1.54) is 30.2 Å². The van der Waals surface area contributed by atoms with Crippen LogP contribution in [0.4, 0.5) is 0 Å². The number of nitrogens with zero attached hydrogens (tertiary/aromatic N) is 5. The molecule has 25 heavy (non-hydrogen) atoms. The number of carbonyl (C=O) groups is 1. The summed E-state index contributed by atoms with van der Waals surface area (Å²) < 4.78 is 3.49. The molecule has 0 saturated carbocycles. The molecule has 4 heterocycles. The van der Waals surface area contributed by atoms with Crippen molar-refractivity contribution in [1.82, 2.24) is 24.0 Å². The molecule has 0 unspecified atom stereocenters. The molecule has 0 N–H and O–H groups in total. The Morgan fingerprint density at radius 1 is 1.00 bits per heavy atom. The Bertz CT molecular complexity index is 830. The van der Waals surface area contributed by atoms with E-state index in [1.807, 2.05) is 4.90 Å². The molecule has 0 radical (unpaired) electrons. The van der Waals surface area contributed by atoms with E-state index in [0.29, 0.717) is 11.2 Å². The highest BCUT2D eigenvalue weighted by atomic mass is 16.2. The molecule has 1 saturated heterocycles. The number of amides is 1. The van der Waals surface area contributed by atoms with E-state index in [4.69, 9.17) is 0 Å². The fraction of sp³-hybridized carbons (Fsp3) is 0.667. The molecule has 2 aliphatic heterocycles. The summed E-state index contributed by atoms with van der Waals surface area (Å²) in [5, 5.41) is 0. The summed E-state index contributed by atoms with van der Waals surface area (Å²) in [6.07, 6.45) is 10.2. The number of hydrogen-bond donors (Lipinski definition) is 0. The molecular weight excluding hydrogens is 318 g/mol. The number of imidazole rings is 1. The lowest BCUT2D eigenvalue weighted by Crippen LogP contribution is -2.37. The van der Waals surface area contributed by atoms with Gasteiger partial charge in [-0.3, -0.25) is 14.2 Å². The Kier molecular flexibility index (Phi) is 4.55. The van der Waals surface area contributed by atoms with Crippen molar-refractivity contribution in [3.8, 4) is 0 Å². The van der Waals surface area contributed by atoms with Crippen LogP contribution in [0.5, 0.6) is 0 Å². The Hall–Kier alpha value is -2.18. The molecule has 0 aliphatic carbocycles. The fourth-order valence-corrected chi connectivity index (χ4v) is 3.91. The van der Waals surface area contributed by atoms with Crippen molar-refractivity contribution in [2.24, 2.45) is 0 Å². The van der Waals surface area contributed by atoms with Crippen molar-refractivity contribution in [3.05, 3.63) is 22.5 Å². The van der Waals surface area contributed by atoms with Gasteiger partial charge in [0.25, 0.3) is 5.56 Å². The number of carbonyl (C=O) groups excluding carboxylic acids is 1. The van der Waals surface area contributed by atoms with Gasteiger partial charge in [0.05, 0.1) is 0 Å². The van der Waals surface area contributed by atoms with Gasteiger partial charge in [-0.05, 0) is 25.7 Å². The number of aryl methyl sites for hydroxylation is 2. The second kappa shape index (κ2) is 6.98. The van der Waals surface area contributed by atoms with Gasteiger partial charge in [-0.1, -0.05) is 19.3 Å². The zero-order valence-corrected chi connectivity index (χ0v) is 14.6. The Morgan fingerprint density at radius 3 is 2.52 bits per heavy atom. The normalized spacial score (nSPS) is 18.6. The van der Waals surface area contributed by atoms with Gasteiger partial charge in [0.2, 0.25) is 5.91 Å². The number of hydrogen-bond acceptors (Lipinski definition) is 4.